The molecule has 10 heteroatoms. The Bertz CT molecular complexity index is 1960. The summed E-state index contributed by atoms with van der Waals surface area (Å²) in [4.78, 5) is 14.2. The minimum Gasteiger partial charge on any atom is -0.508 e. The van der Waals surface area contributed by atoms with Crippen molar-refractivity contribution >= 4 is 27.5 Å². The number of terminal acetylenes is 1. The third-order valence-electron chi connectivity index (χ3n) is 11.1. The van der Waals surface area contributed by atoms with Gasteiger partial charge in [0.25, 0.3) is 0 Å². The SMILES string of the molecule is C#Cc1cccc2cc(O)cc(-c3c(F)cc4c(N5CC6CCC(C5)N6)nc(OCC5(CN6CCOCC67CC7)CC5)nc4c3F)c12. The van der Waals surface area contributed by atoms with Crippen LogP contribution in [0.1, 0.15) is 44.1 Å². The molecule has 0 radical (unpaired) electrons. The van der Waals surface area contributed by atoms with Crippen molar-refractivity contribution < 1.29 is 23.4 Å². The molecule has 4 aromatic rings. The van der Waals surface area contributed by atoms with Crippen molar-refractivity contribution in [2.75, 3.05) is 50.9 Å². The first-order valence-electron chi connectivity index (χ1n) is 16.7. The Hall–Kier alpha value is -4.04. The van der Waals surface area contributed by atoms with Gasteiger partial charge in [0.05, 0.1) is 25.4 Å². The van der Waals surface area contributed by atoms with Gasteiger partial charge in [-0.1, -0.05) is 18.1 Å². The summed E-state index contributed by atoms with van der Waals surface area (Å²) in [7, 11) is 0. The van der Waals surface area contributed by atoms with Gasteiger partial charge in [0, 0.05) is 71.1 Å². The number of rotatable bonds is 7. The highest BCUT2D eigenvalue weighted by atomic mass is 19.1. The van der Waals surface area contributed by atoms with Crippen molar-refractivity contribution in [3.8, 4) is 35.2 Å². The lowest BCUT2D eigenvalue weighted by atomic mass is 9.93. The number of hydrogen-bond donors (Lipinski definition) is 2. The molecule has 2 N–H and O–H groups in total. The number of hydrogen-bond acceptors (Lipinski definition) is 8. The van der Waals surface area contributed by atoms with Gasteiger partial charge < -0.3 is 24.8 Å². The van der Waals surface area contributed by atoms with Gasteiger partial charge in [0.1, 0.15) is 22.9 Å². The zero-order chi connectivity index (χ0) is 31.9. The van der Waals surface area contributed by atoms with Gasteiger partial charge in [-0.05, 0) is 68.2 Å². The number of halogens is 2. The van der Waals surface area contributed by atoms with E-state index in [1.165, 1.54) is 31.0 Å². The summed E-state index contributed by atoms with van der Waals surface area (Å²) in [6.07, 6.45) is 12.3. The Morgan fingerprint density at radius 3 is 2.64 bits per heavy atom. The molecule has 2 unspecified atom stereocenters. The molecule has 47 heavy (non-hydrogen) atoms. The molecule has 3 aromatic carbocycles. The number of ether oxygens (including phenoxy) is 2. The van der Waals surface area contributed by atoms with E-state index in [4.69, 9.17) is 20.9 Å². The quantitative estimate of drug-likeness (QED) is 0.262. The number of piperazine rings is 1. The molecule has 3 saturated heterocycles. The van der Waals surface area contributed by atoms with Crippen molar-refractivity contribution in [2.45, 2.75) is 56.1 Å². The molecule has 2 atom stereocenters. The summed E-state index contributed by atoms with van der Waals surface area (Å²) in [5, 5.41) is 15.6. The lowest BCUT2D eigenvalue weighted by Gasteiger charge is -2.38. The number of aromatic nitrogens is 2. The molecule has 242 valence electrons. The van der Waals surface area contributed by atoms with E-state index in [2.05, 4.69) is 26.0 Å². The average Bonchev–Trinajstić information content (AvgIpc) is 3.99. The second-order valence-corrected chi connectivity index (χ2v) is 14.3. The topological polar surface area (TPSA) is 83.0 Å². The Labute approximate surface area is 272 Å². The van der Waals surface area contributed by atoms with Crippen LogP contribution in [0.15, 0.2) is 36.4 Å². The van der Waals surface area contributed by atoms with Crippen molar-refractivity contribution in [3.63, 3.8) is 0 Å². The van der Waals surface area contributed by atoms with E-state index in [0.29, 0.717) is 47.2 Å². The average molecular weight is 638 g/mol. The van der Waals surface area contributed by atoms with Crippen LogP contribution in [0.3, 0.4) is 0 Å². The number of fused-ring (bicyclic) bond motifs is 4. The predicted octanol–water partition coefficient (Wildman–Crippen LogP) is 5.38. The van der Waals surface area contributed by atoms with Gasteiger partial charge in [0.2, 0.25) is 0 Å². The molecule has 5 aliphatic rings. The third kappa shape index (κ3) is 4.98. The van der Waals surface area contributed by atoms with Crippen molar-refractivity contribution in [1.82, 2.24) is 20.2 Å². The smallest absolute Gasteiger partial charge is 0.319 e. The van der Waals surface area contributed by atoms with Gasteiger partial charge in [0.15, 0.2) is 5.82 Å². The molecule has 9 rings (SSSR count). The van der Waals surface area contributed by atoms with Crippen LogP contribution >= 0.6 is 0 Å². The normalized spacial score (nSPS) is 24.1. The number of phenolic OH excluding ortho intramolecular Hbond substituents is 1. The number of phenols is 1. The molecule has 2 saturated carbocycles. The maximum atomic E-state index is 16.9. The highest BCUT2D eigenvalue weighted by molar-refractivity contribution is 6.04. The lowest BCUT2D eigenvalue weighted by Crippen LogP contribution is -2.51. The van der Waals surface area contributed by atoms with Gasteiger partial charge in [-0.3, -0.25) is 4.90 Å². The monoisotopic (exact) mass is 637 g/mol. The van der Waals surface area contributed by atoms with E-state index in [1.54, 1.807) is 18.2 Å². The van der Waals surface area contributed by atoms with E-state index in [-0.39, 0.29) is 51.4 Å². The zero-order valence-corrected chi connectivity index (χ0v) is 26.2. The Kier molecular flexibility index (Phi) is 6.66. The summed E-state index contributed by atoms with van der Waals surface area (Å²) in [5.41, 5.74) is 0.515. The van der Waals surface area contributed by atoms with Crippen LogP contribution in [0.25, 0.3) is 32.8 Å². The molecule has 0 amide bonds. The summed E-state index contributed by atoms with van der Waals surface area (Å²) in [6.45, 7) is 5.19. The molecule has 2 aliphatic carbocycles. The minimum atomic E-state index is -0.838. The number of anilines is 1. The van der Waals surface area contributed by atoms with E-state index >= 15 is 8.78 Å². The largest absolute Gasteiger partial charge is 0.508 e. The first-order valence-corrected chi connectivity index (χ1v) is 16.7. The Morgan fingerprint density at radius 2 is 1.89 bits per heavy atom. The number of nitrogens with zero attached hydrogens (tertiary/aromatic N) is 4. The summed E-state index contributed by atoms with van der Waals surface area (Å²) < 4.78 is 45.4. The first-order chi connectivity index (χ1) is 22.8. The van der Waals surface area contributed by atoms with Crippen LogP contribution in [-0.2, 0) is 4.74 Å². The Morgan fingerprint density at radius 1 is 1.09 bits per heavy atom. The molecular weight excluding hydrogens is 600 g/mol. The Balaban J connectivity index is 1.14. The molecule has 2 bridgehead atoms. The van der Waals surface area contributed by atoms with Gasteiger partial charge in [-0.2, -0.15) is 9.97 Å². The summed E-state index contributed by atoms with van der Waals surface area (Å²) in [5.74, 6) is 1.38. The number of morpholine rings is 1. The fraction of sp³-hybridized carbons (Fsp3) is 0.459. The molecule has 4 heterocycles. The van der Waals surface area contributed by atoms with Crippen molar-refractivity contribution in [3.05, 3.63) is 53.6 Å². The minimum absolute atomic E-state index is 0.00182. The molecular formula is C37H37F2N5O3. The maximum absolute atomic E-state index is 16.9. The predicted molar refractivity (Wildman–Crippen MR) is 176 cm³/mol. The molecule has 8 nitrogen and oxygen atoms in total. The van der Waals surface area contributed by atoms with Gasteiger partial charge in [-0.15, -0.1) is 6.42 Å². The second-order valence-electron chi connectivity index (χ2n) is 14.3. The van der Waals surface area contributed by atoms with E-state index in [0.717, 1.165) is 52.0 Å². The number of benzene rings is 3. The van der Waals surface area contributed by atoms with Crippen molar-refractivity contribution in [1.29, 1.82) is 0 Å². The van der Waals surface area contributed by atoms with Crippen LogP contribution in [0.4, 0.5) is 14.6 Å². The maximum Gasteiger partial charge on any atom is 0.319 e. The lowest BCUT2D eigenvalue weighted by molar-refractivity contribution is -0.0326. The molecule has 1 spiro atoms. The molecule has 5 fully saturated rings. The van der Waals surface area contributed by atoms with Gasteiger partial charge >= 0.3 is 6.01 Å². The molecule has 1 aromatic heterocycles. The highest BCUT2D eigenvalue weighted by Gasteiger charge is 2.54. The summed E-state index contributed by atoms with van der Waals surface area (Å²) in [6, 6.07) is 10.1. The standard InChI is InChI=1S/C37H37F2N5O3/c1-2-22-4-3-5-23-14-26(45)15-27(30(22)23)31-29(38)16-28-33(32(31)39)41-35(42-34(28)43-17-24-6-7-25(18-43)40-24)47-20-36(8-9-36)19-44-12-13-46-21-37(44)10-11-37/h1,3-5,14-16,24-25,40,45H,6-13,17-21H2. The summed E-state index contributed by atoms with van der Waals surface area (Å²) >= 11 is 0. The fourth-order valence-corrected chi connectivity index (χ4v) is 8.18. The molecule has 3 aliphatic heterocycles. The number of nitrogens with one attached hydrogen (secondary N) is 1. The zero-order valence-electron chi connectivity index (χ0n) is 26.2. The van der Waals surface area contributed by atoms with Crippen molar-refractivity contribution in [2.24, 2.45) is 5.41 Å². The van der Waals surface area contributed by atoms with E-state index in [9.17, 15) is 5.11 Å². The first kappa shape index (κ1) is 29.1. The van der Waals surface area contributed by atoms with Crippen LogP contribution in [0.2, 0.25) is 0 Å². The van der Waals surface area contributed by atoms with E-state index in [1.807, 2.05) is 0 Å². The van der Waals surface area contributed by atoms with Crippen LogP contribution in [0.5, 0.6) is 11.8 Å². The second kappa shape index (κ2) is 10.7. The van der Waals surface area contributed by atoms with Gasteiger partial charge in [-0.25, -0.2) is 8.78 Å². The van der Waals surface area contributed by atoms with Crippen LogP contribution < -0.4 is 15.0 Å². The van der Waals surface area contributed by atoms with E-state index < -0.39 is 11.6 Å². The highest BCUT2D eigenvalue weighted by Crippen LogP contribution is 2.51. The third-order valence-corrected chi connectivity index (χ3v) is 11.1. The van der Waals surface area contributed by atoms with Crippen LogP contribution in [-0.4, -0.2) is 83.6 Å². The fourth-order valence-electron chi connectivity index (χ4n) is 8.18. The number of aromatic hydroxyl groups is 1. The van der Waals surface area contributed by atoms with Crippen LogP contribution in [0, 0.1) is 29.4 Å².